The van der Waals surface area contributed by atoms with Crippen molar-refractivity contribution < 1.29 is 0 Å². The molecule has 1 aromatic heterocycles. The van der Waals surface area contributed by atoms with Crippen LogP contribution in [0.3, 0.4) is 0 Å². The lowest BCUT2D eigenvalue weighted by molar-refractivity contribution is 0.616. The summed E-state index contributed by atoms with van der Waals surface area (Å²) in [7, 11) is 0. The second kappa shape index (κ2) is 13.8. The van der Waals surface area contributed by atoms with Gasteiger partial charge in [0.1, 0.15) is 0 Å². The minimum absolute atomic E-state index is 0.466. The summed E-state index contributed by atoms with van der Waals surface area (Å²) in [4.78, 5) is 2.37. The number of anilines is 3. The molecule has 2 aliphatic carbocycles. The topological polar surface area (TPSA) is 3.24 Å². The average molecular weight is 736 g/mol. The van der Waals surface area contributed by atoms with Gasteiger partial charge >= 0.3 is 0 Å². The van der Waals surface area contributed by atoms with E-state index in [9.17, 15) is 0 Å². The van der Waals surface area contributed by atoms with Gasteiger partial charge in [-0.3, -0.25) is 0 Å². The standard InChI is InChI=1S/C54H41NS/c1-2-12-43(13-3-1)55(45-31-33-52-50(35-45)49-16-8-9-17-51(49)56-52)44-29-26-38(27-30-44)37-20-18-36(19-21-37)34-42-25-24-41-23-22-39-10-4-6-14-46(39)53(41)54-47-15-7-5-11-40(47)28-32-48(42)54/h1-21,26-33,35,42H,22-25,34H2. The summed E-state index contributed by atoms with van der Waals surface area (Å²) in [5, 5.41) is 5.36. The second-order valence-electron chi connectivity index (χ2n) is 15.5. The van der Waals surface area contributed by atoms with Crippen LogP contribution in [0.15, 0.2) is 188 Å². The van der Waals surface area contributed by atoms with Gasteiger partial charge in [-0.2, -0.15) is 0 Å². The van der Waals surface area contributed by atoms with E-state index in [1.54, 1.807) is 5.57 Å². The van der Waals surface area contributed by atoms with E-state index in [-0.39, 0.29) is 0 Å². The number of hydrogen-bond donors (Lipinski definition) is 0. The summed E-state index contributed by atoms with van der Waals surface area (Å²) in [6, 6.07) is 67.8. The van der Waals surface area contributed by atoms with Crippen LogP contribution < -0.4 is 4.90 Å². The highest BCUT2D eigenvalue weighted by molar-refractivity contribution is 7.25. The minimum Gasteiger partial charge on any atom is -0.310 e. The van der Waals surface area contributed by atoms with Crippen LogP contribution in [-0.4, -0.2) is 0 Å². The maximum absolute atomic E-state index is 2.45. The van der Waals surface area contributed by atoms with Crippen molar-refractivity contribution in [1.29, 1.82) is 0 Å². The van der Waals surface area contributed by atoms with Gasteiger partial charge in [0, 0.05) is 37.2 Å². The van der Waals surface area contributed by atoms with Crippen LogP contribution in [0.5, 0.6) is 0 Å². The Morgan fingerprint density at radius 3 is 2.04 bits per heavy atom. The van der Waals surface area contributed by atoms with E-state index in [1.165, 1.54) is 94.7 Å². The smallest absolute Gasteiger partial charge is 0.0468 e. The van der Waals surface area contributed by atoms with Gasteiger partial charge in [-0.1, -0.05) is 139 Å². The van der Waals surface area contributed by atoms with E-state index in [4.69, 9.17) is 0 Å². The van der Waals surface area contributed by atoms with Crippen LogP contribution in [-0.2, 0) is 12.8 Å². The first-order valence-corrected chi connectivity index (χ1v) is 20.8. The van der Waals surface area contributed by atoms with E-state index in [0.29, 0.717) is 5.92 Å². The number of allylic oxidation sites excluding steroid dienone is 1. The van der Waals surface area contributed by atoms with E-state index in [0.717, 1.165) is 29.9 Å². The first-order valence-electron chi connectivity index (χ1n) is 20.0. The molecule has 9 aromatic rings. The fourth-order valence-corrected chi connectivity index (χ4v) is 10.7. The Kier molecular flexibility index (Phi) is 8.18. The summed E-state index contributed by atoms with van der Waals surface area (Å²) in [6.07, 6.45) is 5.71. The Labute approximate surface area is 332 Å². The number of hydrogen-bond acceptors (Lipinski definition) is 2. The number of benzene rings is 8. The lowest BCUT2D eigenvalue weighted by Gasteiger charge is -2.26. The van der Waals surface area contributed by atoms with Crippen LogP contribution in [0.1, 0.15) is 53.0 Å². The largest absolute Gasteiger partial charge is 0.310 e. The van der Waals surface area contributed by atoms with Crippen molar-refractivity contribution in [3.63, 3.8) is 0 Å². The molecule has 1 atom stereocenters. The average Bonchev–Trinajstić information content (AvgIpc) is 3.55. The highest BCUT2D eigenvalue weighted by Gasteiger charge is 2.29. The Balaban J connectivity index is 0.897. The highest BCUT2D eigenvalue weighted by Crippen LogP contribution is 2.48. The van der Waals surface area contributed by atoms with Crippen LogP contribution in [0.2, 0.25) is 0 Å². The van der Waals surface area contributed by atoms with Gasteiger partial charge in [-0.25, -0.2) is 0 Å². The molecule has 0 saturated carbocycles. The van der Waals surface area contributed by atoms with Gasteiger partial charge in [-0.15, -0.1) is 11.3 Å². The van der Waals surface area contributed by atoms with Crippen molar-refractivity contribution in [3.05, 3.63) is 215 Å². The Bertz CT molecular complexity index is 2930. The molecule has 1 nitrogen and oxygen atoms in total. The Hall–Kier alpha value is -6.22. The quantitative estimate of drug-likeness (QED) is 0.164. The van der Waals surface area contributed by atoms with Gasteiger partial charge in [0.25, 0.3) is 0 Å². The van der Waals surface area contributed by atoms with Crippen LogP contribution in [0.4, 0.5) is 17.1 Å². The Morgan fingerprint density at radius 1 is 0.500 bits per heavy atom. The molecular weight excluding hydrogens is 695 g/mol. The molecule has 0 fully saturated rings. The molecule has 1 heterocycles. The van der Waals surface area contributed by atoms with Crippen molar-refractivity contribution in [1.82, 2.24) is 0 Å². The maximum Gasteiger partial charge on any atom is 0.0468 e. The third-order valence-corrected chi connectivity index (χ3v) is 13.5. The van der Waals surface area contributed by atoms with E-state index in [1.807, 2.05) is 11.3 Å². The van der Waals surface area contributed by atoms with Crippen molar-refractivity contribution >= 4 is 64.9 Å². The van der Waals surface area contributed by atoms with Gasteiger partial charge in [0.05, 0.1) is 0 Å². The fourth-order valence-electron chi connectivity index (χ4n) is 9.57. The van der Waals surface area contributed by atoms with Crippen molar-refractivity contribution in [3.8, 4) is 11.1 Å². The van der Waals surface area contributed by atoms with Crippen LogP contribution >= 0.6 is 11.3 Å². The zero-order valence-electron chi connectivity index (χ0n) is 31.3. The molecule has 8 aromatic carbocycles. The molecule has 0 spiro atoms. The van der Waals surface area contributed by atoms with Crippen LogP contribution in [0, 0.1) is 0 Å². The number of rotatable bonds is 6. The van der Waals surface area contributed by atoms with Gasteiger partial charge < -0.3 is 4.90 Å². The third kappa shape index (κ3) is 5.76. The minimum atomic E-state index is 0.466. The second-order valence-corrected chi connectivity index (χ2v) is 16.6. The number of thiophene rings is 1. The van der Waals surface area contributed by atoms with E-state index >= 15 is 0 Å². The van der Waals surface area contributed by atoms with Gasteiger partial charge in [0.2, 0.25) is 0 Å². The molecule has 11 rings (SSSR count). The highest BCUT2D eigenvalue weighted by atomic mass is 32.1. The zero-order chi connectivity index (χ0) is 37.0. The molecule has 0 amide bonds. The van der Waals surface area contributed by atoms with Crippen molar-refractivity contribution in [2.24, 2.45) is 0 Å². The molecule has 0 N–H and O–H groups in total. The molecule has 0 saturated heterocycles. The summed E-state index contributed by atoms with van der Waals surface area (Å²) < 4.78 is 2.65. The predicted octanol–water partition coefficient (Wildman–Crippen LogP) is 15.2. The molecule has 0 aliphatic heterocycles. The lowest BCUT2D eigenvalue weighted by atomic mass is 9.79. The van der Waals surface area contributed by atoms with Crippen LogP contribution in [0.25, 0.3) is 47.6 Å². The molecular formula is C54H41NS. The molecule has 2 heteroatoms. The Morgan fingerprint density at radius 2 is 1.18 bits per heavy atom. The molecule has 0 radical (unpaired) electrons. The maximum atomic E-state index is 2.45. The first-order chi connectivity index (χ1) is 27.7. The van der Waals surface area contributed by atoms with Crippen molar-refractivity contribution in [2.45, 2.75) is 38.0 Å². The van der Waals surface area contributed by atoms with E-state index < -0.39 is 0 Å². The molecule has 268 valence electrons. The number of nitrogens with zero attached hydrogens (tertiary/aromatic N) is 1. The van der Waals surface area contributed by atoms with Crippen molar-refractivity contribution in [2.75, 3.05) is 4.90 Å². The number of fused-ring (bicyclic) bond motifs is 9. The summed E-state index contributed by atoms with van der Waals surface area (Å²) in [5.41, 5.74) is 16.5. The predicted molar refractivity (Wildman–Crippen MR) is 240 cm³/mol. The van der Waals surface area contributed by atoms with E-state index in [2.05, 4.69) is 187 Å². The summed E-state index contributed by atoms with van der Waals surface area (Å²) >= 11 is 1.86. The summed E-state index contributed by atoms with van der Waals surface area (Å²) in [5.74, 6) is 0.466. The molecule has 1 unspecified atom stereocenters. The molecule has 56 heavy (non-hydrogen) atoms. The normalized spacial score (nSPS) is 15.0. The van der Waals surface area contributed by atoms with Gasteiger partial charge in [0.15, 0.2) is 0 Å². The SMILES string of the molecule is c1ccc(N(c2ccc(-c3ccc(CC4CCC5=C(c6ccccc6CC5)c5c4ccc4ccccc54)cc3)cc2)c2ccc3sc4ccccc4c3c2)cc1. The molecule has 2 aliphatic rings. The van der Waals surface area contributed by atoms with Gasteiger partial charge in [-0.05, 0) is 142 Å². The number of aryl methyl sites for hydroxylation is 1. The third-order valence-electron chi connectivity index (χ3n) is 12.3. The number of para-hydroxylation sites is 1. The molecule has 0 bridgehead atoms. The fraction of sp³-hybridized carbons (Fsp3) is 0.111. The lowest BCUT2D eigenvalue weighted by Crippen LogP contribution is -2.09. The summed E-state index contributed by atoms with van der Waals surface area (Å²) in [6.45, 7) is 0. The zero-order valence-corrected chi connectivity index (χ0v) is 32.1. The monoisotopic (exact) mass is 735 g/mol. The first kappa shape index (κ1) is 33.1.